The molecule has 0 heterocycles. The van der Waals surface area contributed by atoms with Crippen LogP contribution in [0.4, 0.5) is 0 Å². The molecule has 1 aliphatic rings. The highest BCUT2D eigenvalue weighted by molar-refractivity contribution is 5.85. The van der Waals surface area contributed by atoms with Gasteiger partial charge in [0.05, 0.1) is 5.54 Å². The van der Waals surface area contributed by atoms with Crippen LogP contribution in [0.15, 0.2) is 5.11 Å². The van der Waals surface area contributed by atoms with Gasteiger partial charge in [-0.3, -0.25) is 4.79 Å². The second kappa shape index (κ2) is 4.30. The van der Waals surface area contributed by atoms with E-state index in [1.807, 2.05) is 6.92 Å². The van der Waals surface area contributed by atoms with Crippen molar-refractivity contribution in [2.75, 3.05) is 13.1 Å². The van der Waals surface area contributed by atoms with E-state index in [-0.39, 0.29) is 5.91 Å². The lowest BCUT2D eigenvalue weighted by molar-refractivity contribution is -0.124. The molecule has 0 aromatic rings. The fraction of sp³-hybridized carbons (Fsp3) is 0.875. The fourth-order valence-corrected chi connectivity index (χ4v) is 1.50. The molecule has 1 rings (SSSR count). The van der Waals surface area contributed by atoms with Crippen LogP contribution in [0.1, 0.15) is 19.8 Å². The second-order valence-electron chi connectivity index (χ2n) is 3.72. The van der Waals surface area contributed by atoms with Gasteiger partial charge in [-0.25, -0.2) is 0 Å². The van der Waals surface area contributed by atoms with Gasteiger partial charge in [0.2, 0.25) is 5.91 Å². The largest absolute Gasteiger partial charge is 0.368 e. The molecule has 1 atom stereocenters. The highest BCUT2D eigenvalue weighted by Gasteiger charge is 2.45. The molecule has 0 saturated heterocycles. The number of nitrogens with two attached hydrogens (primary N) is 1. The second-order valence-corrected chi connectivity index (χ2v) is 3.72. The van der Waals surface area contributed by atoms with Gasteiger partial charge in [-0.1, -0.05) is 5.11 Å². The van der Waals surface area contributed by atoms with Crippen LogP contribution in [0.5, 0.6) is 0 Å². The Hall–Kier alpha value is -1.26. The van der Waals surface area contributed by atoms with Gasteiger partial charge < -0.3 is 11.1 Å². The lowest BCUT2D eigenvalue weighted by Crippen LogP contribution is -2.55. The summed E-state index contributed by atoms with van der Waals surface area (Å²) in [5, 5.41) is 6.43. The molecule has 0 aromatic carbocycles. The molecule has 0 aromatic heterocycles. The summed E-state index contributed by atoms with van der Waals surface area (Å²) in [6.07, 6.45) is 2.07. The average molecular weight is 197 g/mol. The Balaban J connectivity index is 2.43. The Labute approximate surface area is 82.5 Å². The number of amides is 1. The number of nitrogens with zero attached hydrogens (tertiary/aromatic N) is 3. The average Bonchev–Trinajstić information content (AvgIpc) is 2.95. The zero-order valence-electron chi connectivity index (χ0n) is 8.23. The van der Waals surface area contributed by atoms with E-state index in [0.717, 1.165) is 12.8 Å². The summed E-state index contributed by atoms with van der Waals surface area (Å²) in [5.41, 5.74) is 12.8. The van der Waals surface area contributed by atoms with Crippen LogP contribution in [0.25, 0.3) is 10.4 Å². The lowest BCUT2D eigenvalue weighted by atomic mass is 9.95. The lowest BCUT2D eigenvalue weighted by Gasteiger charge is -2.27. The van der Waals surface area contributed by atoms with Crippen molar-refractivity contribution in [3.05, 3.63) is 10.4 Å². The van der Waals surface area contributed by atoms with Crippen molar-refractivity contribution >= 4 is 5.91 Å². The van der Waals surface area contributed by atoms with Gasteiger partial charge in [0, 0.05) is 18.0 Å². The van der Waals surface area contributed by atoms with E-state index in [2.05, 4.69) is 15.3 Å². The van der Waals surface area contributed by atoms with E-state index in [9.17, 15) is 4.79 Å². The van der Waals surface area contributed by atoms with Crippen molar-refractivity contribution in [1.82, 2.24) is 5.32 Å². The minimum Gasteiger partial charge on any atom is -0.368 e. The van der Waals surface area contributed by atoms with Gasteiger partial charge in [0.1, 0.15) is 0 Å². The topological polar surface area (TPSA) is 104 Å². The third-order valence-corrected chi connectivity index (χ3v) is 2.67. The number of nitrogens with one attached hydrogen (secondary N) is 1. The quantitative estimate of drug-likeness (QED) is 0.281. The molecule has 1 saturated carbocycles. The molecule has 0 spiro atoms. The summed E-state index contributed by atoms with van der Waals surface area (Å²) in [6, 6.07) is 0. The van der Waals surface area contributed by atoms with Crippen LogP contribution in [0.2, 0.25) is 0 Å². The van der Waals surface area contributed by atoms with E-state index in [4.69, 9.17) is 11.3 Å². The van der Waals surface area contributed by atoms with Crippen LogP contribution >= 0.6 is 0 Å². The van der Waals surface area contributed by atoms with Crippen molar-refractivity contribution < 1.29 is 4.79 Å². The number of hydrogen-bond donors (Lipinski definition) is 2. The number of primary amides is 1. The minimum atomic E-state index is -0.634. The molecule has 1 amide bonds. The summed E-state index contributed by atoms with van der Waals surface area (Å²) in [5.74, 6) is 0.00648. The van der Waals surface area contributed by atoms with Crippen LogP contribution in [-0.4, -0.2) is 24.5 Å². The monoisotopic (exact) mass is 197 g/mol. The molecule has 3 N–H and O–H groups in total. The molecule has 0 radical (unpaired) electrons. The predicted molar refractivity (Wildman–Crippen MR) is 52.3 cm³/mol. The van der Waals surface area contributed by atoms with Crippen LogP contribution in [0, 0.1) is 5.92 Å². The summed E-state index contributed by atoms with van der Waals surface area (Å²) in [7, 11) is 0. The van der Waals surface area contributed by atoms with E-state index in [1.54, 1.807) is 0 Å². The number of hydrogen-bond acceptors (Lipinski definition) is 3. The molecule has 0 aliphatic heterocycles. The molecule has 6 nitrogen and oxygen atoms in total. The van der Waals surface area contributed by atoms with Gasteiger partial charge in [0.25, 0.3) is 0 Å². The SMILES string of the molecule is CC(NCCN=[N+]=[N-])(C(N)=O)C1CC1. The number of carbonyl (C=O) groups is 1. The number of carbonyl (C=O) groups excluding carboxylic acids is 1. The van der Waals surface area contributed by atoms with E-state index >= 15 is 0 Å². The normalized spacial score (nSPS) is 19.5. The van der Waals surface area contributed by atoms with Crippen molar-refractivity contribution in [2.45, 2.75) is 25.3 Å². The van der Waals surface area contributed by atoms with Gasteiger partial charge >= 0.3 is 0 Å². The zero-order chi connectivity index (χ0) is 10.6. The third-order valence-electron chi connectivity index (χ3n) is 2.67. The molecule has 6 heteroatoms. The Morgan fingerprint density at radius 2 is 2.43 bits per heavy atom. The van der Waals surface area contributed by atoms with Crippen molar-refractivity contribution in [3.8, 4) is 0 Å². The number of rotatable bonds is 6. The molecule has 1 fully saturated rings. The Bertz CT molecular complexity index is 269. The van der Waals surface area contributed by atoms with Crippen molar-refractivity contribution in [1.29, 1.82) is 0 Å². The first-order valence-electron chi connectivity index (χ1n) is 4.67. The highest BCUT2D eigenvalue weighted by Crippen LogP contribution is 2.39. The van der Waals surface area contributed by atoms with Gasteiger partial charge in [-0.05, 0) is 31.2 Å². The Morgan fingerprint density at radius 3 is 2.86 bits per heavy atom. The Kier molecular flexibility index (Phi) is 3.33. The first kappa shape index (κ1) is 10.8. The predicted octanol–water partition coefficient (Wildman–Crippen LogP) is 0.540. The zero-order valence-corrected chi connectivity index (χ0v) is 8.23. The third kappa shape index (κ3) is 2.37. The molecular weight excluding hydrogens is 182 g/mol. The first-order chi connectivity index (χ1) is 6.61. The molecule has 1 unspecified atom stereocenters. The molecular formula is C8H15N5O. The van der Waals surface area contributed by atoms with E-state index < -0.39 is 5.54 Å². The van der Waals surface area contributed by atoms with Gasteiger partial charge in [-0.15, -0.1) is 0 Å². The molecule has 0 bridgehead atoms. The smallest absolute Gasteiger partial charge is 0.237 e. The summed E-state index contributed by atoms with van der Waals surface area (Å²) in [6.45, 7) is 2.63. The standard InChI is InChI=1S/C8H15N5O/c1-8(7(9)14,6-2-3-6)11-4-5-12-13-10/h6,11H,2-5H2,1H3,(H2,9,14). The summed E-state index contributed by atoms with van der Waals surface area (Å²) in [4.78, 5) is 13.9. The number of azide groups is 1. The molecule has 78 valence electrons. The van der Waals surface area contributed by atoms with Crippen LogP contribution in [0.3, 0.4) is 0 Å². The first-order valence-corrected chi connectivity index (χ1v) is 4.67. The molecule has 1 aliphatic carbocycles. The van der Waals surface area contributed by atoms with Crippen LogP contribution in [-0.2, 0) is 4.79 Å². The van der Waals surface area contributed by atoms with Gasteiger partial charge in [-0.2, -0.15) is 0 Å². The maximum atomic E-state index is 11.2. The maximum absolute atomic E-state index is 11.2. The maximum Gasteiger partial charge on any atom is 0.237 e. The van der Waals surface area contributed by atoms with Crippen molar-refractivity contribution in [3.63, 3.8) is 0 Å². The van der Waals surface area contributed by atoms with Gasteiger partial charge in [0.15, 0.2) is 0 Å². The summed E-state index contributed by atoms with van der Waals surface area (Å²) >= 11 is 0. The van der Waals surface area contributed by atoms with Crippen molar-refractivity contribution in [2.24, 2.45) is 16.8 Å². The van der Waals surface area contributed by atoms with E-state index in [1.165, 1.54) is 0 Å². The highest BCUT2D eigenvalue weighted by atomic mass is 16.1. The Morgan fingerprint density at radius 1 is 1.79 bits per heavy atom. The van der Waals surface area contributed by atoms with Crippen LogP contribution < -0.4 is 11.1 Å². The minimum absolute atomic E-state index is 0.332. The summed E-state index contributed by atoms with van der Waals surface area (Å²) < 4.78 is 0. The molecule has 14 heavy (non-hydrogen) atoms. The fourth-order valence-electron chi connectivity index (χ4n) is 1.50. The van der Waals surface area contributed by atoms with E-state index in [0.29, 0.717) is 19.0 Å².